The monoisotopic (exact) mass is 384 g/mol. The van der Waals surface area contributed by atoms with Gasteiger partial charge in [-0.05, 0) is 80.9 Å². The Balaban J connectivity index is 1.75. The molecular weight excluding hydrogens is 356 g/mol. The van der Waals surface area contributed by atoms with Gasteiger partial charge in [-0.1, -0.05) is 18.2 Å². The van der Waals surface area contributed by atoms with Gasteiger partial charge in [-0.2, -0.15) is 5.26 Å². The summed E-state index contributed by atoms with van der Waals surface area (Å²) in [6.07, 6.45) is 9.50. The number of likely N-dealkylation sites (tertiary alicyclic amines) is 1. The average Bonchev–Trinajstić information content (AvgIpc) is 2.75. The number of aryl methyl sites for hydroxylation is 1. The predicted molar refractivity (Wildman–Crippen MR) is 116 cm³/mol. The van der Waals surface area contributed by atoms with Gasteiger partial charge in [0, 0.05) is 19.0 Å². The molecule has 4 nitrogen and oxygen atoms in total. The summed E-state index contributed by atoms with van der Waals surface area (Å²) in [6.45, 7) is 5.19. The number of piperidine rings is 1. The zero-order valence-electron chi connectivity index (χ0n) is 17.3. The first-order valence-corrected chi connectivity index (χ1v) is 10.6. The van der Waals surface area contributed by atoms with Crippen LogP contribution < -0.4 is 0 Å². The van der Waals surface area contributed by atoms with E-state index in [2.05, 4.69) is 43.2 Å². The Labute approximate surface area is 173 Å². The van der Waals surface area contributed by atoms with Crippen molar-refractivity contribution >= 4 is 6.21 Å². The van der Waals surface area contributed by atoms with E-state index in [4.69, 9.17) is 9.98 Å². The van der Waals surface area contributed by atoms with Gasteiger partial charge >= 0.3 is 0 Å². The summed E-state index contributed by atoms with van der Waals surface area (Å²) in [7, 11) is 0. The molecular formula is C25H28N4. The van der Waals surface area contributed by atoms with Crippen LogP contribution in [-0.4, -0.2) is 22.1 Å². The summed E-state index contributed by atoms with van der Waals surface area (Å²) in [5.74, 6) is 0. The average molecular weight is 385 g/mol. The number of aromatic nitrogens is 1. The third-order valence-electron chi connectivity index (χ3n) is 6.17. The Hall–Kier alpha value is -2.77. The molecule has 2 aromatic rings. The Morgan fingerprint density at radius 3 is 2.79 bits per heavy atom. The molecule has 0 radical (unpaired) electrons. The number of allylic oxidation sites excluding steroid dienone is 1. The maximum atomic E-state index is 9.32. The van der Waals surface area contributed by atoms with Crippen LogP contribution in [0.5, 0.6) is 0 Å². The highest BCUT2D eigenvalue weighted by molar-refractivity contribution is 5.62. The van der Waals surface area contributed by atoms with Crippen LogP contribution in [0.3, 0.4) is 0 Å². The van der Waals surface area contributed by atoms with Crippen LogP contribution in [0.4, 0.5) is 0 Å². The van der Waals surface area contributed by atoms with E-state index in [1.807, 2.05) is 30.5 Å². The van der Waals surface area contributed by atoms with Gasteiger partial charge in [-0.15, -0.1) is 0 Å². The summed E-state index contributed by atoms with van der Waals surface area (Å²) in [5.41, 5.74) is 6.95. The molecule has 2 aliphatic heterocycles. The second kappa shape index (κ2) is 8.71. The number of hydrogen-bond acceptors (Lipinski definition) is 4. The number of aliphatic imine (C=N–C) groups is 1. The standard InChI is InChI=1S/C25H28N4/c1-18-7-5-13-27-24(18)22-11-4-12-23(25-19(2)8-6-14-28-25)29(22)17-21-10-3-9-20(15-21)16-26/h3,5,7,9-10,13-15,22-23H,4,6,8,11-12,17H2,1-2H3. The number of nitrogens with zero attached hydrogens (tertiary/aromatic N) is 4. The van der Waals surface area contributed by atoms with Crippen LogP contribution in [0.1, 0.15) is 67.5 Å². The van der Waals surface area contributed by atoms with E-state index in [-0.39, 0.29) is 12.1 Å². The highest BCUT2D eigenvalue weighted by Crippen LogP contribution is 2.40. The summed E-state index contributed by atoms with van der Waals surface area (Å²) >= 11 is 0. The molecule has 1 aromatic heterocycles. The van der Waals surface area contributed by atoms with E-state index in [0.717, 1.165) is 32.2 Å². The molecule has 0 aliphatic carbocycles. The van der Waals surface area contributed by atoms with Crippen molar-refractivity contribution in [2.45, 2.75) is 64.6 Å². The largest absolute Gasteiger partial charge is 0.282 e. The fourth-order valence-electron chi connectivity index (χ4n) is 4.71. The maximum Gasteiger partial charge on any atom is 0.0991 e. The maximum absolute atomic E-state index is 9.32. The van der Waals surface area contributed by atoms with Crippen molar-refractivity contribution < 1.29 is 0 Å². The van der Waals surface area contributed by atoms with Crippen molar-refractivity contribution in [1.82, 2.24) is 9.88 Å². The smallest absolute Gasteiger partial charge is 0.0991 e. The van der Waals surface area contributed by atoms with E-state index in [1.165, 1.54) is 34.5 Å². The van der Waals surface area contributed by atoms with Crippen LogP contribution in [-0.2, 0) is 6.54 Å². The van der Waals surface area contributed by atoms with E-state index in [0.29, 0.717) is 5.56 Å². The fourth-order valence-corrected chi connectivity index (χ4v) is 4.71. The van der Waals surface area contributed by atoms with Crippen LogP contribution in [0.2, 0.25) is 0 Å². The number of pyridine rings is 1. The minimum atomic E-state index is 0.262. The Morgan fingerprint density at radius 1 is 1.14 bits per heavy atom. The van der Waals surface area contributed by atoms with E-state index in [1.54, 1.807) is 0 Å². The second-order valence-electron chi connectivity index (χ2n) is 8.17. The van der Waals surface area contributed by atoms with Gasteiger partial charge in [0.15, 0.2) is 0 Å². The normalized spacial score (nSPS) is 22.5. The van der Waals surface area contributed by atoms with Crippen LogP contribution in [0, 0.1) is 18.3 Å². The SMILES string of the molecule is CC1=C(C2CCCC(c3ncccc3C)N2Cc2cccc(C#N)c2)N=CCC1. The molecule has 29 heavy (non-hydrogen) atoms. The molecule has 2 atom stereocenters. The van der Waals surface area contributed by atoms with Gasteiger partial charge in [-0.25, -0.2) is 0 Å². The molecule has 148 valence electrons. The molecule has 0 amide bonds. The topological polar surface area (TPSA) is 52.3 Å². The lowest BCUT2D eigenvalue weighted by molar-refractivity contribution is 0.0889. The highest BCUT2D eigenvalue weighted by Gasteiger charge is 2.36. The number of nitriles is 1. The van der Waals surface area contributed by atoms with Gasteiger partial charge in [0.25, 0.3) is 0 Å². The first-order chi connectivity index (χ1) is 14.2. The quantitative estimate of drug-likeness (QED) is 0.700. The molecule has 1 aromatic carbocycles. The Bertz CT molecular complexity index is 982. The van der Waals surface area contributed by atoms with Crippen LogP contribution in [0.25, 0.3) is 0 Å². The van der Waals surface area contributed by atoms with E-state index >= 15 is 0 Å². The van der Waals surface area contributed by atoms with Gasteiger partial charge in [0.2, 0.25) is 0 Å². The Morgan fingerprint density at radius 2 is 2.00 bits per heavy atom. The summed E-state index contributed by atoms with van der Waals surface area (Å²) in [6, 6.07) is 15.0. The van der Waals surface area contributed by atoms with Gasteiger partial charge < -0.3 is 0 Å². The molecule has 4 heteroatoms. The van der Waals surface area contributed by atoms with Crippen molar-refractivity contribution in [2.75, 3.05) is 0 Å². The number of benzene rings is 1. The summed E-state index contributed by atoms with van der Waals surface area (Å²) < 4.78 is 0. The van der Waals surface area contributed by atoms with Gasteiger partial charge in [0.05, 0.1) is 35.1 Å². The van der Waals surface area contributed by atoms with Crippen molar-refractivity contribution in [3.63, 3.8) is 0 Å². The van der Waals surface area contributed by atoms with Crippen molar-refractivity contribution in [3.8, 4) is 6.07 Å². The van der Waals surface area contributed by atoms with E-state index in [9.17, 15) is 5.26 Å². The van der Waals surface area contributed by atoms with Crippen molar-refractivity contribution in [1.29, 1.82) is 5.26 Å². The molecule has 4 rings (SSSR count). The highest BCUT2D eigenvalue weighted by atomic mass is 15.2. The van der Waals surface area contributed by atoms with Gasteiger partial charge in [-0.3, -0.25) is 14.9 Å². The second-order valence-corrected chi connectivity index (χ2v) is 8.17. The summed E-state index contributed by atoms with van der Waals surface area (Å²) in [4.78, 5) is 12.2. The molecule has 2 unspecified atom stereocenters. The minimum Gasteiger partial charge on any atom is -0.282 e. The fraction of sp³-hybridized carbons (Fsp3) is 0.400. The predicted octanol–water partition coefficient (Wildman–Crippen LogP) is 5.50. The third kappa shape index (κ3) is 4.16. The number of hydrogen-bond donors (Lipinski definition) is 0. The number of rotatable bonds is 4. The lowest BCUT2D eigenvalue weighted by Crippen LogP contribution is -2.43. The summed E-state index contributed by atoms with van der Waals surface area (Å²) in [5, 5.41) is 9.32. The lowest BCUT2D eigenvalue weighted by Gasteiger charge is -2.43. The lowest BCUT2D eigenvalue weighted by atomic mass is 9.87. The molecule has 2 aliphatic rings. The first-order valence-electron chi connectivity index (χ1n) is 10.6. The van der Waals surface area contributed by atoms with Crippen molar-refractivity contribution in [3.05, 3.63) is 76.2 Å². The van der Waals surface area contributed by atoms with E-state index < -0.39 is 0 Å². The van der Waals surface area contributed by atoms with Gasteiger partial charge in [0.1, 0.15) is 0 Å². The van der Waals surface area contributed by atoms with Crippen LogP contribution >= 0.6 is 0 Å². The zero-order valence-corrected chi connectivity index (χ0v) is 17.3. The molecule has 1 fully saturated rings. The Kier molecular flexibility index (Phi) is 5.87. The first kappa shape index (κ1) is 19.5. The third-order valence-corrected chi connectivity index (χ3v) is 6.17. The molecule has 0 spiro atoms. The molecule has 0 bridgehead atoms. The van der Waals surface area contributed by atoms with Crippen LogP contribution in [0.15, 0.2) is 58.9 Å². The zero-order chi connectivity index (χ0) is 20.2. The molecule has 0 saturated carbocycles. The minimum absolute atomic E-state index is 0.262. The van der Waals surface area contributed by atoms with Crippen molar-refractivity contribution in [2.24, 2.45) is 4.99 Å². The molecule has 0 N–H and O–H groups in total. The molecule has 1 saturated heterocycles. The molecule has 3 heterocycles.